The lowest BCUT2D eigenvalue weighted by Gasteiger charge is -2.18. The van der Waals surface area contributed by atoms with Gasteiger partial charge in [0.25, 0.3) is 0 Å². The molecule has 0 radical (unpaired) electrons. The van der Waals surface area contributed by atoms with E-state index in [0.29, 0.717) is 19.3 Å². The van der Waals surface area contributed by atoms with Crippen LogP contribution in [0.5, 0.6) is 0 Å². The normalized spacial score (nSPS) is 12.9. The predicted octanol–water partition coefficient (Wildman–Crippen LogP) is 17.4. The van der Waals surface area contributed by atoms with E-state index in [4.69, 9.17) is 14.2 Å². The Morgan fingerprint density at radius 1 is 0.344 bits per heavy atom. The molecule has 0 fully saturated rings. The second-order valence-electron chi connectivity index (χ2n) is 17.2. The second kappa shape index (κ2) is 52.0. The van der Waals surface area contributed by atoms with Gasteiger partial charge in [-0.25, -0.2) is 0 Å². The summed E-state index contributed by atoms with van der Waals surface area (Å²) >= 11 is 0. The summed E-state index contributed by atoms with van der Waals surface area (Å²) in [7, 11) is 0. The highest BCUT2D eigenvalue weighted by molar-refractivity contribution is 5.71. The fourth-order valence-electron chi connectivity index (χ4n) is 7.10. The lowest BCUT2D eigenvalue weighted by molar-refractivity contribution is -0.167. The fourth-order valence-corrected chi connectivity index (χ4v) is 7.10. The van der Waals surface area contributed by atoms with Gasteiger partial charge in [-0.2, -0.15) is 0 Å². The van der Waals surface area contributed by atoms with E-state index in [2.05, 4.69) is 57.2 Å². The fraction of sp³-hybridized carbons (Fsp3) is 0.672. The Hall–Kier alpha value is -3.67. The largest absolute Gasteiger partial charge is 0.462 e. The van der Waals surface area contributed by atoms with Crippen molar-refractivity contribution in [2.75, 3.05) is 13.2 Å². The summed E-state index contributed by atoms with van der Waals surface area (Å²) < 4.78 is 16.8. The molecule has 0 aliphatic heterocycles. The van der Waals surface area contributed by atoms with Crippen LogP contribution in [0, 0.1) is 0 Å². The number of unbranched alkanes of at least 4 members (excludes halogenated alkanes) is 24. The Labute approximate surface area is 394 Å². The number of carbonyl (C=O) groups is 3. The maximum Gasteiger partial charge on any atom is 0.306 e. The van der Waals surface area contributed by atoms with Crippen molar-refractivity contribution >= 4 is 17.9 Å². The van der Waals surface area contributed by atoms with Crippen molar-refractivity contribution in [2.24, 2.45) is 0 Å². The van der Waals surface area contributed by atoms with E-state index in [-0.39, 0.29) is 31.1 Å². The molecule has 0 aliphatic rings. The Morgan fingerprint density at radius 3 is 1.14 bits per heavy atom. The van der Waals surface area contributed by atoms with Crippen LogP contribution in [0.3, 0.4) is 0 Å². The van der Waals surface area contributed by atoms with Crippen molar-refractivity contribution in [3.8, 4) is 0 Å². The molecule has 0 saturated heterocycles. The third kappa shape index (κ3) is 49.3. The molecule has 0 rings (SSSR count). The molecule has 0 aromatic carbocycles. The summed E-state index contributed by atoms with van der Waals surface area (Å²) in [6.07, 6.45) is 68.2. The third-order valence-electron chi connectivity index (χ3n) is 11.0. The van der Waals surface area contributed by atoms with Crippen molar-refractivity contribution in [1.29, 1.82) is 0 Å². The molecule has 1 atom stereocenters. The molecule has 1 unspecified atom stereocenters. The van der Waals surface area contributed by atoms with Gasteiger partial charge in [0, 0.05) is 19.3 Å². The van der Waals surface area contributed by atoms with E-state index >= 15 is 0 Å². The van der Waals surface area contributed by atoms with Gasteiger partial charge in [0.1, 0.15) is 13.2 Å². The van der Waals surface area contributed by atoms with Crippen molar-refractivity contribution in [3.63, 3.8) is 0 Å². The Kier molecular flexibility index (Phi) is 49.0. The molecular formula is C58H96O6. The Bertz CT molecular complexity index is 1300. The van der Waals surface area contributed by atoms with Crippen LogP contribution in [-0.2, 0) is 28.6 Å². The average Bonchev–Trinajstić information content (AvgIpc) is 3.29. The van der Waals surface area contributed by atoms with Crippen LogP contribution >= 0.6 is 0 Å². The summed E-state index contributed by atoms with van der Waals surface area (Å²) in [6.45, 7) is 6.34. The molecule has 0 amide bonds. The minimum Gasteiger partial charge on any atom is -0.462 e. The first kappa shape index (κ1) is 60.3. The van der Waals surface area contributed by atoms with E-state index in [9.17, 15) is 14.4 Å². The molecular weight excluding hydrogens is 793 g/mol. The molecule has 6 nitrogen and oxygen atoms in total. The van der Waals surface area contributed by atoms with Crippen LogP contribution in [0.25, 0.3) is 0 Å². The number of carbonyl (C=O) groups excluding carboxylic acids is 3. The minimum atomic E-state index is -0.800. The van der Waals surface area contributed by atoms with Gasteiger partial charge < -0.3 is 14.2 Å². The molecule has 0 bridgehead atoms. The molecule has 64 heavy (non-hydrogen) atoms. The maximum absolute atomic E-state index is 12.8. The number of hydrogen-bond donors (Lipinski definition) is 0. The van der Waals surface area contributed by atoms with Crippen molar-refractivity contribution in [1.82, 2.24) is 0 Å². The molecule has 0 spiro atoms. The van der Waals surface area contributed by atoms with Crippen LogP contribution in [0.1, 0.15) is 233 Å². The Morgan fingerprint density at radius 2 is 0.688 bits per heavy atom. The number of rotatable bonds is 46. The lowest BCUT2D eigenvalue weighted by atomic mass is 10.0. The predicted molar refractivity (Wildman–Crippen MR) is 274 cm³/mol. The van der Waals surface area contributed by atoms with Crippen molar-refractivity contribution < 1.29 is 28.6 Å². The highest BCUT2D eigenvalue weighted by Gasteiger charge is 2.19. The van der Waals surface area contributed by atoms with Gasteiger partial charge in [-0.15, -0.1) is 0 Å². The first-order valence-corrected chi connectivity index (χ1v) is 26.3. The number of allylic oxidation sites excluding steroid dienone is 16. The van der Waals surface area contributed by atoms with Crippen LogP contribution < -0.4 is 0 Å². The van der Waals surface area contributed by atoms with Gasteiger partial charge in [0.15, 0.2) is 6.10 Å². The summed E-state index contributed by atoms with van der Waals surface area (Å²) in [5, 5.41) is 0. The van der Waals surface area contributed by atoms with E-state index in [1.54, 1.807) is 0 Å². The smallest absolute Gasteiger partial charge is 0.306 e. The van der Waals surface area contributed by atoms with Crippen molar-refractivity contribution in [2.45, 2.75) is 239 Å². The number of hydrogen-bond acceptors (Lipinski definition) is 6. The lowest BCUT2D eigenvalue weighted by Crippen LogP contribution is -2.30. The third-order valence-corrected chi connectivity index (χ3v) is 11.0. The van der Waals surface area contributed by atoms with E-state index in [0.717, 1.165) is 103 Å². The van der Waals surface area contributed by atoms with Crippen LogP contribution in [0.4, 0.5) is 0 Å². The summed E-state index contributed by atoms with van der Waals surface area (Å²) in [5.74, 6) is -0.956. The van der Waals surface area contributed by atoms with Gasteiger partial charge in [0.2, 0.25) is 0 Å². The summed E-state index contributed by atoms with van der Waals surface area (Å²) in [4.78, 5) is 38.0. The molecule has 6 heteroatoms. The van der Waals surface area contributed by atoms with Crippen LogP contribution in [-0.4, -0.2) is 37.2 Å². The molecule has 0 aromatic rings. The molecule has 0 aromatic heterocycles. The molecule has 0 N–H and O–H groups in total. The molecule has 0 heterocycles. The Balaban J connectivity index is 4.47. The zero-order chi connectivity index (χ0) is 46.5. The summed E-state index contributed by atoms with van der Waals surface area (Å²) in [6, 6.07) is 0. The van der Waals surface area contributed by atoms with Crippen LogP contribution in [0.2, 0.25) is 0 Å². The van der Waals surface area contributed by atoms with E-state index < -0.39 is 6.10 Å². The SMILES string of the molecule is CC\C=C/C=C\C=C/C=C\C=C\C=C/CCCCCC(=O)OCC(COC(=O)CCCCCCC/C=C\C/C=C\CC)OC(=O)CCCCCCCCCCCCCCCCCCC. The standard InChI is InChI=1S/C58H96O6/c1-4-7-10-13-16-19-22-25-27-29-31-33-36-39-42-45-48-51-57(60)63-54-55(53-62-56(59)50-47-44-41-38-35-24-21-18-15-12-9-6-3)64-58(61)52-49-46-43-40-37-34-32-30-28-26-23-20-17-14-11-8-5-2/h7,9-10,12-13,16,18-19,21-22,25,27,29,31,33,36,55H,4-6,8,11,14-15,17,20,23-24,26,28,30,32,34-35,37-54H2,1-3H3/b10-7-,12-9-,16-13-,21-18-,22-19-,27-25-,31-29+,36-33-. The zero-order valence-electron chi connectivity index (χ0n) is 41.5. The van der Waals surface area contributed by atoms with Gasteiger partial charge >= 0.3 is 17.9 Å². The van der Waals surface area contributed by atoms with Gasteiger partial charge in [-0.3, -0.25) is 14.4 Å². The quantitative estimate of drug-likeness (QED) is 0.0199. The minimum absolute atomic E-state index is 0.0990. The second-order valence-corrected chi connectivity index (χ2v) is 17.2. The first-order valence-electron chi connectivity index (χ1n) is 26.3. The van der Waals surface area contributed by atoms with E-state index in [1.807, 2.05) is 60.8 Å². The van der Waals surface area contributed by atoms with Crippen molar-refractivity contribution in [3.05, 3.63) is 97.2 Å². The monoisotopic (exact) mass is 889 g/mol. The van der Waals surface area contributed by atoms with Gasteiger partial charge in [0.05, 0.1) is 0 Å². The number of ether oxygens (including phenoxy) is 3. The van der Waals surface area contributed by atoms with E-state index in [1.165, 1.54) is 89.9 Å². The van der Waals surface area contributed by atoms with Crippen LogP contribution in [0.15, 0.2) is 97.2 Å². The molecule has 0 aliphatic carbocycles. The average molecular weight is 889 g/mol. The molecule has 364 valence electrons. The van der Waals surface area contributed by atoms with Gasteiger partial charge in [-0.05, 0) is 64.2 Å². The highest BCUT2D eigenvalue weighted by Crippen LogP contribution is 2.15. The maximum atomic E-state index is 12.8. The number of esters is 3. The van der Waals surface area contributed by atoms with Gasteiger partial charge in [-0.1, -0.05) is 246 Å². The zero-order valence-corrected chi connectivity index (χ0v) is 41.5. The highest BCUT2D eigenvalue weighted by atomic mass is 16.6. The summed E-state index contributed by atoms with van der Waals surface area (Å²) in [5.41, 5.74) is 0. The molecule has 0 saturated carbocycles. The topological polar surface area (TPSA) is 78.9 Å². The first-order chi connectivity index (χ1) is 31.5.